The van der Waals surface area contributed by atoms with Gasteiger partial charge < -0.3 is 9.84 Å². The maximum atomic E-state index is 12.9. The first-order valence-electron chi connectivity index (χ1n) is 7.59. The second-order valence-electron chi connectivity index (χ2n) is 5.79. The number of anilines is 1. The van der Waals surface area contributed by atoms with E-state index >= 15 is 0 Å². The van der Waals surface area contributed by atoms with Crippen molar-refractivity contribution in [2.24, 2.45) is 0 Å². The van der Waals surface area contributed by atoms with Crippen LogP contribution in [-0.2, 0) is 11.2 Å². The van der Waals surface area contributed by atoms with E-state index in [1.165, 1.54) is 12.1 Å². The van der Waals surface area contributed by atoms with Crippen LogP contribution in [0.3, 0.4) is 0 Å². The molecule has 3 rings (SSSR count). The van der Waals surface area contributed by atoms with E-state index in [2.05, 4.69) is 10.5 Å². The van der Waals surface area contributed by atoms with Gasteiger partial charge in [0.2, 0.25) is 5.91 Å². The molecule has 3 aromatic rings. The highest BCUT2D eigenvalue weighted by atomic mass is 19.1. The Bertz CT molecular complexity index is 849. The molecule has 1 N–H and O–H groups in total. The van der Waals surface area contributed by atoms with Crippen molar-refractivity contribution >= 4 is 11.6 Å². The number of hydrogen-bond acceptors (Lipinski definition) is 3. The molecule has 1 heterocycles. The summed E-state index contributed by atoms with van der Waals surface area (Å²) in [6, 6.07) is 13.5. The molecule has 0 aliphatic heterocycles. The molecule has 0 saturated heterocycles. The zero-order valence-electron chi connectivity index (χ0n) is 13.5. The number of aryl methyl sites for hydroxylation is 2. The van der Waals surface area contributed by atoms with Gasteiger partial charge in [-0.1, -0.05) is 11.2 Å². The third-order valence-electron chi connectivity index (χ3n) is 3.53. The van der Waals surface area contributed by atoms with Gasteiger partial charge in [-0.25, -0.2) is 4.39 Å². The molecule has 0 radical (unpaired) electrons. The molecule has 0 spiro atoms. The number of hydrogen-bond donors (Lipinski definition) is 1. The standard InChI is InChI=1S/C19H17FN2O2/c1-12-7-13(2)9-16(8-12)21-19(23)11-17-10-18(24-22-17)14-3-5-15(20)6-4-14/h3-10H,11H2,1-2H3,(H,21,23). The van der Waals surface area contributed by atoms with Crippen molar-refractivity contribution in [3.63, 3.8) is 0 Å². The minimum Gasteiger partial charge on any atom is -0.356 e. The van der Waals surface area contributed by atoms with Crippen LogP contribution in [0.4, 0.5) is 10.1 Å². The first kappa shape index (κ1) is 15.9. The van der Waals surface area contributed by atoms with Crippen LogP contribution in [0, 0.1) is 19.7 Å². The van der Waals surface area contributed by atoms with Gasteiger partial charge in [-0.05, 0) is 61.4 Å². The van der Waals surface area contributed by atoms with Crippen molar-refractivity contribution < 1.29 is 13.7 Å². The third kappa shape index (κ3) is 3.87. The number of carbonyl (C=O) groups excluding carboxylic acids is 1. The SMILES string of the molecule is Cc1cc(C)cc(NC(=O)Cc2cc(-c3ccc(F)cc3)on2)c1. The quantitative estimate of drug-likeness (QED) is 0.779. The van der Waals surface area contributed by atoms with E-state index in [1.807, 2.05) is 32.0 Å². The van der Waals surface area contributed by atoms with E-state index in [4.69, 9.17) is 4.52 Å². The maximum absolute atomic E-state index is 12.9. The van der Waals surface area contributed by atoms with Crippen LogP contribution < -0.4 is 5.32 Å². The highest BCUT2D eigenvalue weighted by Gasteiger charge is 2.11. The fourth-order valence-electron chi connectivity index (χ4n) is 2.56. The topological polar surface area (TPSA) is 55.1 Å². The average Bonchev–Trinajstić information content (AvgIpc) is 2.95. The number of aromatic nitrogens is 1. The zero-order chi connectivity index (χ0) is 17.1. The summed E-state index contributed by atoms with van der Waals surface area (Å²) in [5, 5.41) is 6.76. The first-order valence-corrected chi connectivity index (χ1v) is 7.59. The Hall–Kier alpha value is -2.95. The Labute approximate surface area is 139 Å². The van der Waals surface area contributed by atoms with Gasteiger partial charge in [-0.15, -0.1) is 0 Å². The molecule has 0 fully saturated rings. The number of nitrogens with one attached hydrogen (secondary N) is 1. The molecule has 0 bridgehead atoms. The summed E-state index contributed by atoms with van der Waals surface area (Å²) in [5.74, 6) is 0.0227. The van der Waals surface area contributed by atoms with Crippen LogP contribution in [0.2, 0.25) is 0 Å². The van der Waals surface area contributed by atoms with Gasteiger partial charge in [-0.2, -0.15) is 0 Å². The number of carbonyl (C=O) groups is 1. The number of nitrogens with zero attached hydrogens (tertiary/aromatic N) is 1. The van der Waals surface area contributed by atoms with Gasteiger partial charge in [0.15, 0.2) is 5.76 Å². The summed E-state index contributed by atoms with van der Waals surface area (Å²) < 4.78 is 18.2. The van der Waals surface area contributed by atoms with Crippen molar-refractivity contribution in [2.75, 3.05) is 5.32 Å². The van der Waals surface area contributed by atoms with Gasteiger partial charge in [-0.3, -0.25) is 4.79 Å². The lowest BCUT2D eigenvalue weighted by Gasteiger charge is -2.06. The lowest BCUT2D eigenvalue weighted by atomic mass is 10.1. The second-order valence-corrected chi connectivity index (χ2v) is 5.79. The highest BCUT2D eigenvalue weighted by Crippen LogP contribution is 2.21. The van der Waals surface area contributed by atoms with E-state index in [-0.39, 0.29) is 18.1 Å². The summed E-state index contributed by atoms with van der Waals surface area (Å²) in [4.78, 5) is 12.2. The summed E-state index contributed by atoms with van der Waals surface area (Å²) in [6.45, 7) is 3.96. The van der Waals surface area contributed by atoms with E-state index < -0.39 is 0 Å². The van der Waals surface area contributed by atoms with Crippen molar-refractivity contribution in [1.29, 1.82) is 0 Å². The summed E-state index contributed by atoms with van der Waals surface area (Å²) in [5.41, 5.74) is 4.18. The molecule has 0 atom stereocenters. The van der Waals surface area contributed by atoms with Gasteiger partial charge >= 0.3 is 0 Å². The Morgan fingerprint density at radius 3 is 2.42 bits per heavy atom. The first-order chi connectivity index (χ1) is 11.5. The van der Waals surface area contributed by atoms with Crippen LogP contribution in [0.5, 0.6) is 0 Å². The molecule has 1 amide bonds. The van der Waals surface area contributed by atoms with E-state index in [0.29, 0.717) is 17.0 Å². The minimum absolute atomic E-state index is 0.109. The van der Waals surface area contributed by atoms with Crippen molar-refractivity contribution in [2.45, 2.75) is 20.3 Å². The Morgan fingerprint density at radius 1 is 1.08 bits per heavy atom. The van der Waals surface area contributed by atoms with E-state index in [1.54, 1.807) is 18.2 Å². The fraction of sp³-hybridized carbons (Fsp3) is 0.158. The molecule has 5 heteroatoms. The Kier molecular flexibility index (Phi) is 4.42. The normalized spacial score (nSPS) is 10.6. The molecule has 24 heavy (non-hydrogen) atoms. The lowest BCUT2D eigenvalue weighted by molar-refractivity contribution is -0.115. The monoisotopic (exact) mass is 324 g/mol. The van der Waals surface area contributed by atoms with Crippen LogP contribution in [-0.4, -0.2) is 11.1 Å². The van der Waals surface area contributed by atoms with Gasteiger partial charge in [0.25, 0.3) is 0 Å². The molecule has 122 valence electrons. The molecule has 0 aliphatic carbocycles. The molecule has 0 unspecified atom stereocenters. The molecule has 0 aliphatic rings. The molecule has 0 saturated carbocycles. The third-order valence-corrected chi connectivity index (χ3v) is 3.53. The fourth-order valence-corrected chi connectivity index (χ4v) is 2.56. The predicted molar refractivity (Wildman–Crippen MR) is 90.1 cm³/mol. The van der Waals surface area contributed by atoms with Crippen LogP contribution in [0.15, 0.2) is 53.1 Å². The Morgan fingerprint density at radius 2 is 1.75 bits per heavy atom. The van der Waals surface area contributed by atoms with Crippen LogP contribution in [0.1, 0.15) is 16.8 Å². The lowest BCUT2D eigenvalue weighted by Crippen LogP contribution is -2.14. The minimum atomic E-state index is -0.314. The molecule has 1 aromatic heterocycles. The maximum Gasteiger partial charge on any atom is 0.230 e. The van der Waals surface area contributed by atoms with Crippen molar-refractivity contribution in [3.05, 3.63) is 71.2 Å². The number of rotatable bonds is 4. The summed E-state index contributed by atoms with van der Waals surface area (Å²) in [7, 11) is 0. The molecule has 2 aromatic carbocycles. The summed E-state index contributed by atoms with van der Waals surface area (Å²) >= 11 is 0. The average molecular weight is 324 g/mol. The van der Waals surface area contributed by atoms with Crippen molar-refractivity contribution in [3.8, 4) is 11.3 Å². The van der Waals surface area contributed by atoms with Crippen molar-refractivity contribution in [1.82, 2.24) is 5.16 Å². The van der Waals surface area contributed by atoms with Crippen LogP contribution >= 0.6 is 0 Å². The largest absolute Gasteiger partial charge is 0.356 e. The molecular weight excluding hydrogens is 307 g/mol. The van der Waals surface area contributed by atoms with Gasteiger partial charge in [0.05, 0.1) is 12.1 Å². The van der Waals surface area contributed by atoms with Crippen LogP contribution in [0.25, 0.3) is 11.3 Å². The predicted octanol–water partition coefficient (Wildman–Crippen LogP) is 4.28. The zero-order valence-corrected chi connectivity index (χ0v) is 13.5. The highest BCUT2D eigenvalue weighted by molar-refractivity contribution is 5.92. The van der Waals surface area contributed by atoms with E-state index in [9.17, 15) is 9.18 Å². The van der Waals surface area contributed by atoms with E-state index in [0.717, 1.165) is 16.8 Å². The summed E-state index contributed by atoms with van der Waals surface area (Å²) in [6.07, 6.45) is 0.109. The molecule has 4 nitrogen and oxygen atoms in total. The number of benzene rings is 2. The second kappa shape index (κ2) is 6.66. The Balaban J connectivity index is 1.68. The van der Waals surface area contributed by atoms with Gasteiger partial charge in [0, 0.05) is 17.3 Å². The smallest absolute Gasteiger partial charge is 0.230 e. The molecular formula is C19H17FN2O2. The number of amides is 1. The number of halogens is 1. The van der Waals surface area contributed by atoms with Gasteiger partial charge in [0.1, 0.15) is 5.82 Å².